The molecule has 2 amide bonds. The molecule has 0 radical (unpaired) electrons. The molecule has 0 saturated carbocycles. The molecule has 0 spiro atoms. The summed E-state index contributed by atoms with van der Waals surface area (Å²) in [5, 5.41) is 6.10. The lowest BCUT2D eigenvalue weighted by atomic mass is 9.98. The monoisotopic (exact) mass is 421 g/mol. The fourth-order valence-electron chi connectivity index (χ4n) is 4.49. The zero-order valence-electron chi connectivity index (χ0n) is 17.9. The van der Waals surface area contributed by atoms with Crippen LogP contribution < -0.4 is 10.6 Å². The van der Waals surface area contributed by atoms with E-state index in [2.05, 4.69) is 34.9 Å². The van der Waals surface area contributed by atoms with Crippen molar-refractivity contribution in [3.8, 4) is 11.1 Å². The van der Waals surface area contributed by atoms with Crippen LogP contribution in [-0.4, -0.2) is 56.2 Å². The average Bonchev–Trinajstić information content (AvgIpc) is 3.14. The number of alkyl carbamates (subject to hydrolysis) is 1. The predicted octanol–water partition coefficient (Wildman–Crippen LogP) is 3.52. The van der Waals surface area contributed by atoms with Crippen LogP contribution in [0.15, 0.2) is 48.5 Å². The fraction of sp³-hybridized carbons (Fsp3) is 0.440. The van der Waals surface area contributed by atoms with E-state index in [4.69, 9.17) is 4.74 Å². The molecular formula is C25H31N3O3. The number of carbonyl (C=O) groups excluding carboxylic acids is 2. The Morgan fingerprint density at radius 1 is 0.935 bits per heavy atom. The summed E-state index contributed by atoms with van der Waals surface area (Å²) in [6.45, 7) is 4.29. The van der Waals surface area contributed by atoms with Gasteiger partial charge < -0.3 is 20.3 Å². The Morgan fingerprint density at radius 2 is 1.58 bits per heavy atom. The van der Waals surface area contributed by atoms with Crippen LogP contribution in [0.25, 0.3) is 11.1 Å². The first-order chi connectivity index (χ1) is 15.2. The minimum absolute atomic E-state index is 0.0779. The van der Waals surface area contributed by atoms with Gasteiger partial charge in [-0.2, -0.15) is 0 Å². The molecule has 2 aromatic carbocycles. The van der Waals surface area contributed by atoms with Gasteiger partial charge in [0.05, 0.1) is 0 Å². The predicted molar refractivity (Wildman–Crippen MR) is 121 cm³/mol. The van der Waals surface area contributed by atoms with Crippen LogP contribution in [0, 0.1) is 0 Å². The largest absolute Gasteiger partial charge is 0.449 e. The fourth-order valence-corrected chi connectivity index (χ4v) is 4.49. The van der Waals surface area contributed by atoms with Crippen molar-refractivity contribution in [1.82, 2.24) is 15.5 Å². The lowest BCUT2D eigenvalue weighted by Crippen LogP contribution is -2.46. The number of rotatable bonds is 8. The van der Waals surface area contributed by atoms with E-state index in [-0.39, 0.29) is 17.9 Å². The van der Waals surface area contributed by atoms with Crippen LogP contribution in [0.4, 0.5) is 4.79 Å². The summed E-state index contributed by atoms with van der Waals surface area (Å²) in [6.07, 6.45) is 2.83. The van der Waals surface area contributed by atoms with Crippen molar-refractivity contribution in [2.45, 2.75) is 31.6 Å². The molecule has 1 aliphatic heterocycles. The van der Waals surface area contributed by atoms with Crippen molar-refractivity contribution < 1.29 is 14.3 Å². The molecule has 31 heavy (non-hydrogen) atoms. The molecule has 164 valence electrons. The zero-order chi connectivity index (χ0) is 21.5. The summed E-state index contributed by atoms with van der Waals surface area (Å²) < 4.78 is 5.55. The van der Waals surface area contributed by atoms with Gasteiger partial charge in [0.1, 0.15) is 6.61 Å². The van der Waals surface area contributed by atoms with Crippen molar-refractivity contribution >= 4 is 12.0 Å². The number of ether oxygens (including phenoxy) is 1. The summed E-state index contributed by atoms with van der Waals surface area (Å²) in [4.78, 5) is 26.2. The lowest BCUT2D eigenvalue weighted by Gasteiger charge is -2.27. The summed E-state index contributed by atoms with van der Waals surface area (Å²) in [5.41, 5.74) is 4.88. The number of nitrogens with one attached hydrogen (secondary N) is 2. The molecule has 6 heteroatoms. The van der Waals surface area contributed by atoms with Gasteiger partial charge in [-0.25, -0.2) is 4.79 Å². The van der Waals surface area contributed by atoms with Crippen LogP contribution in [0.1, 0.15) is 42.7 Å². The van der Waals surface area contributed by atoms with E-state index in [0.29, 0.717) is 19.6 Å². The number of nitrogens with zero attached hydrogens (tertiary/aromatic N) is 1. The number of unbranched alkanes of at least 4 members (excludes halogenated alkanes) is 2. The summed E-state index contributed by atoms with van der Waals surface area (Å²) >= 11 is 0. The van der Waals surface area contributed by atoms with Gasteiger partial charge in [0.15, 0.2) is 0 Å². The number of hydrogen-bond donors (Lipinski definition) is 2. The SMILES string of the molecule is O=C(NCCCCCC(=O)N1CCNCC1)OCC1c2ccccc2-c2ccccc21. The Morgan fingerprint density at radius 3 is 2.26 bits per heavy atom. The third kappa shape index (κ3) is 5.25. The van der Waals surface area contributed by atoms with Crippen LogP contribution >= 0.6 is 0 Å². The summed E-state index contributed by atoms with van der Waals surface area (Å²) in [7, 11) is 0. The van der Waals surface area contributed by atoms with Crippen LogP contribution in [0.2, 0.25) is 0 Å². The van der Waals surface area contributed by atoms with Gasteiger partial charge >= 0.3 is 6.09 Å². The van der Waals surface area contributed by atoms with Gasteiger partial charge in [0, 0.05) is 45.1 Å². The maximum absolute atomic E-state index is 12.2. The van der Waals surface area contributed by atoms with Gasteiger partial charge in [-0.15, -0.1) is 0 Å². The van der Waals surface area contributed by atoms with Crippen molar-refractivity contribution in [3.63, 3.8) is 0 Å². The summed E-state index contributed by atoms with van der Waals surface area (Å²) in [6, 6.07) is 16.6. The van der Waals surface area contributed by atoms with E-state index < -0.39 is 0 Å². The van der Waals surface area contributed by atoms with E-state index in [1.54, 1.807) is 0 Å². The highest BCUT2D eigenvalue weighted by atomic mass is 16.5. The highest BCUT2D eigenvalue weighted by Gasteiger charge is 2.28. The molecule has 0 atom stereocenters. The molecule has 2 aliphatic rings. The van der Waals surface area contributed by atoms with Crippen LogP contribution in [-0.2, 0) is 9.53 Å². The minimum Gasteiger partial charge on any atom is -0.449 e. The minimum atomic E-state index is -0.376. The number of hydrogen-bond acceptors (Lipinski definition) is 4. The Hall–Kier alpha value is -2.86. The maximum atomic E-state index is 12.2. The normalized spacial score (nSPS) is 15.3. The van der Waals surface area contributed by atoms with E-state index in [9.17, 15) is 9.59 Å². The van der Waals surface area contributed by atoms with Crippen molar-refractivity contribution in [2.24, 2.45) is 0 Å². The molecule has 1 saturated heterocycles. The molecule has 1 fully saturated rings. The first-order valence-corrected chi connectivity index (χ1v) is 11.3. The number of fused-ring (bicyclic) bond motifs is 3. The highest BCUT2D eigenvalue weighted by Crippen LogP contribution is 2.44. The molecule has 4 rings (SSSR count). The Balaban J connectivity index is 1.15. The first kappa shape index (κ1) is 21.4. The van der Waals surface area contributed by atoms with Gasteiger partial charge in [-0.1, -0.05) is 55.0 Å². The topological polar surface area (TPSA) is 70.7 Å². The summed E-state index contributed by atoms with van der Waals surface area (Å²) in [5.74, 6) is 0.320. The second kappa shape index (κ2) is 10.4. The van der Waals surface area contributed by atoms with Crippen molar-refractivity contribution in [1.29, 1.82) is 0 Å². The Bertz CT molecular complexity index is 863. The molecule has 2 aromatic rings. The van der Waals surface area contributed by atoms with E-state index in [0.717, 1.165) is 45.4 Å². The van der Waals surface area contributed by atoms with Crippen molar-refractivity contribution in [3.05, 3.63) is 59.7 Å². The van der Waals surface area contributed by atoms with Gasteiger partial charge in [-0.05, 0) is 35.1 Å². The maximum Gasteiger partial charge on any atom is 0.407 e. The zero-order valence-corrected chi connectivity index (χ0v) is 17.9. The second-order valence-corrected chi connectivity index (χ2v) is 8.19. The lowest BCUT2D eigenvalue weighted by molar-refractivity contribution is -0.131. The van der Waals surface area contributed by atoms with Crippen molar-refractivity contribution in [2.75, 3.05) is 39.3 Å². The van der Waals surface area contributed by atoms with Gasteiger partial charge in [-0.3, -0.25) is 4.79 Å². The molecule has 0 unspecified atom stereocenters. The number of piperazine rings is 1. The average molecular weight is 422 g/mol. The van der Waals surface area contributed by atoms with E-state index >= 15 is 0 Å². The molecule has 1 heterocycles. The second-order valence-electron chi connectivity index (χ2n) is 8.19. The third-order valence-electron chi connectivity index (χ3n) is 6.15. The smallest absolute Gasteiger partial charge is 0.407 e. The molecule has 0 aromatic heterocycles. The molecule has 6 nitrogen and oxygen atoms in total. The van der Waals surface area contributed by atoms with Crippen LogP contribution in [0.3, 0.4) is 0 Å². The standard InChI is InChI=1S/C25H31N3O3/c29-24(28-16-14-26-15-17-28)12-2-1-7-13-27-25(30)31-18-23-21-10-5-3-8-19(21)20-9-4-6-11-22(20)23/h3-6,8-11,23,26H,1-2,7,12-18H2,(H,27,30). The van der Waals surface area contributed by atoms with E-state index in [1.807, 2.05) is 29.2 Å². The van der Waals surface area contributed by atoms with Crippen LogP contribution in [0.5, 0.6) is 0 Å². The quantitative estimate of drug-likeness (QED) is 0.640. The molecule has 2 N–H and O–H groups in total. The Labute approximate surface area is 184 Å². The number of carbonyl (C=O) groups is 2. The number of amides is 2. The van der Waals surface area contributed by atoms with E-state index in [1.165, 1.54) is 22.3 Å². The third-order valence-corrected chi connectivity index (χ3v) is 6.15. The van der Waals surface area contributed by atoms with Gasteiger partial charge in [0.2, 0.25) is 5.91 Å². The molecule has 1 aliphatic carbocycles. The molecule has 0 bridgehead atoms. The van der Waals surface area contributed by atoms with Gasteiger partial charge in [0.25, 0.3) is 0 Å². The number of benzene rings is 2. The molecular weight excluding hydrogens is 390 g/mol. The Kier molecular flexibility index (Phi) is 7.20. The highest BCUT2D eigenvalue weighted by molar-refractivity contribution is 5.79. The first-order valence-electron chi connectivity index (χ1n) is 11.3.